The minimum atomic E-state index is -0.0765. The van der Waals surface area contributed by atoms with E-state index in [2.05, 4.69) is 32.6 Å². The molecule has 118 valence electrons. The Morgan fingerprint density at radius 3 is 2.11 bits per heavy atom. The van der Waals surface area contributed by atoms with Crippen molar-refractivity contribution in [2.24, 2.45) is 0 Å². The highest BCUT2D eigenvalue weighted by molar-refractivity contribution is 4.86. The summed E-state index contributed by atoms with van der Waals surface area (Å²) in [7, 11) is 1.00. The molecule has 4 heteroatoms. The Labute approximate surface area is 119 Å². The van der Waals surface area contributed by atoms with Crippen molar-refractivity contribution in [1.82, 2.24) is 4.90 Å². The molecular weight excluding hydrogens is 242 g/mol. The predicted octanol–water partition coefficient (Wildman–Crippen LogP) is 2.28. The van der Waals surface area contributed by atoms with E-state index in [9.17, 15) is 5.11 Å². The molecule has 0 aromatic carbocycles. The predicted molar refractivity (Wildman–Crippen MR) is 81.5 cm³/mol. The first-order valence-electron chi connectivity index (χ1n) is 7.43. The summed E-state index contributed by atoms with van der Waals surface area (Å²) in [5.74, 6) is 0. The third kappa shape index (κ3) is 9.38. The summed E-state index contributed by atoms with van der Waals surface area (Å²) in [4.78, 5) is 2.34. The number of aliphatic hydroxyl groups excluding tert-OH is 2. The van der Waals surface area contributed by atoms with E-state index >= 15 is 0 Å². The summed E-state index contributed by atoms with van der Waals surface area (Å²) in [6, 6.07) is 0.303. The number of hydrogen-bond acceptors (Lipinski definition) is 4. The Morgan fingerprint density at radius 1 is 1.21 bits per heavy atom. The van der Waals surface area contributed by atoms with Gasteiger partial charge in [-0.15, -0.1) is 0 Å². The summed E-state index contributed by atoms with van der Waals surface area (Å²) in [6.07, 6.45) is 2.39. The van der Waals surface area contributed by atoms with E-state index in [-0.39, 0.29) is 18.3 Å². The van der Waals surface area contributed by atoms with Crippen LogP contribution in [-0.2, 0) is 4.74 Å². The first-order valence-corrected chi connectivity index (χ1v) is 7.43. The van der Waals surface area contributed by atoms with Crippen molar-refractivity contribution in [1.29, 1.82) is 0 Å². The molecule has 0 radical (unpaired) electrons. The van der Waals surface area contributed by atoms with Crippen LogP contribution in [0.4, 0.5) is 0 Å². The van der Waals surface area contributed by atoms with Crippen LogP contribution in [0.15, 0.2) is 0 Å². The third-order valence-electron chi connectivity index (χ3n) is 2.73. The molecule has 1 aliphatic rings. The quantitative estimate of drug-likeness (QED) is 0.828. The largest absolute Gasteiger partial charge is 0.400 e. The van der Waals surface area contributed by atoms with Crippen molar-refractivity contribution in [3.05, 3.63) is 0 Å². The molecule has 1 aliphatic heterocycles. The fraction of sp³-hybridized carbons (Fsp3) is 1.00. The molecule has 2 atom stereocenters. The second kappa shape index (κ2) is 11.6. The van der Waals surface area contributed by atoms with E-state index < -0.39 is 0 Å². The summed E-state index contributed by atoms with van der Waals surface area (Å²) >= 11 is 0. The van der Waals surface area contributed by atoms with E-state index in [0.29, 0.717) is 6.04 Å². The molecule has 0 aromatic heterocycles. The maximum atomic E-state index is 9.28. The summed E-state index contributed by atoms with van der Waals surface area (Å²) in [5.41, 5.74) is -0.0765. The van der Waals surface area contributed by atoms with Gasteiger partial charge in [0.15, 0.2) is 0 Å². The molecule has 1 saturated heterocycles. The lowest BCUT2D eigenvalue weighted by Crippen LogP contribution is -2.33. The Morgan fingerprint density at radius 2 is 1.74 bits per heavy atom. The Hall–Kier alpha value is -0.160. The van der Waals surface area contributed by atoms with Gasteiger partial charge in [0.25, 0.3) is 0 Å². The number of rotatable bonds is 4. The molecular formula is C15H35NO3. The zero-order valence-corrected chi connectivity index (χ0v) is 13.9. The molecule has 1 rings (SSSR count). The smallest absolute Gasteiger partial charge is 0.0725 e. The van der Waals surface area contributed by atoms with E-state index in [0.717, 1.165) is 33.0 Å². The monoisotopic (exact) mass is 277 g/mol. The van der Waals surface area contributed by atoms with Gasteiger partial charge in [-0.05, 0) is 40.2 Å². The van der Waals surface area contributed by atoms with Gasteiger partial charge in [-0.2, -0.15) is 0 Å². The first-order chi connectivity index (χ1) is 8.96. The zero-order chi connectivity index (χ0) is 15.5. The van der Waals surface area contributed by atoms with E-state index in [1.807, 2.05) is 13.8 Å². The molecule has 2 unspecified atom stereocenters. The number of ether oxygens (including phenoxy) is 1. The highest BCUT2D eigenvalue weighted by Gasteiger charge is 2.33. The lowest BCUT2D eigenvalue weighted by molar-refractivity contribution is -0.0541. The number of nitrogens with zero attached hydrogens (tertiary/aromatic N) is 1. The molecule has 0 saturated carbocycles. The van der Waals surface area contributed by atoms with Gasteiger partial charge in [-0.3, -0.25) is 4.90 Å². The lowest BCUT2D eigenvalue weighted by atomic mass is 10.1. The minimum absolute atomic E-state index is 0.0765. The van der Waals surface area contributed by atoms with Crippen molar-refractivity contribution in [3.8, 4) is 0 Å². The molecule has 0 aromatic rings. The minimum Gasteiger partial charge on any atom is -0.400 e. The van der Waals surface area contributed by atoms with Crippen molar-refractivity contribution < 1.29 is 14.9 Å². The Balaban J connectivity index is 0. The van der Waals surface area contributed by atoms with Gasteiger partial charge in [0, 0.05) is 19.7 Å². The van der Waals surface area contributed by atoms with E-state index in [1.54, 1.807) is 0 Å². The van der Waals surface area contributed by atoms with E-state index in [1.165, 1.54) is 0 Å². The molecule has 19 heavy (non-hydrogen) atoms. The van der Waals surface area contributed by atoms with E-state index in [4.69, 9.17) is 9.84 Å². The SMILES string of the molecule is CC.CCCN1CC(OC(C)(C)C)CC1CO.CO. The summed E-state index contributed by atoms with van der Waals surface area (Å²) in [5, 5.41) is 16.3. The fourth-order valence-electron chi connectivity index (χ4n) is 2.27. The van der Waals surface area contributed by atoms with Crippen molar-refractivity contribution in [3.63, 3.8) is 0 Å². The van der Waals surface area contributed by atoms with Gasteiger partial charge in [-0.25, -0.2) is 0 Å². The van der Waals surface area contributed by atoms with Crippen LogP contribution in [0.5, 0.6) is 0 Å². The van der Waals surface area contributed by atoms with Crippen molar-refractivity contribution in [2.45, 2.75) is 72.1 Å². The number of hydrogen-bond donors (Lipinski definition) is 2. The first kappa shape index (κ1) is 21.1. The molecule has 0 spiro atoms. The Kier molecular flexibility index (Phi) is 13.0. The van der Waals surface area contributed by atoms with Crippen LogP contribution in [0.2, 0.25) is 0 Å². The van der Waals surface area contributed by atoms with Crippen LogP contribution in [0.25, 0.3) is 0 Å². The Bertz CT molecular complexity index is 192. The molecule has 0 aliphatic carbocycles. The lowest BCUT2D eigenvalue weighted by Gasteiger charge is -2.25. The van der Waals surface area contributed by atoms with Crippen molar-refractivity contribution in [2.75, 3.05) is 26.8 Å². The van der Waals surface area contributed by atoms with Crippen LogP contribution >= 0.6 is 0 Å². The second-order valence-electron chi connectivity index (χ2n) is 5.42. The number of aliphatic hydroxyl groups is 2. The van der Waals surface area contributed by atoms with Gasteiger partial charge in [0.2, 0.25) is 0 Å². The standard InChI is InChI=1S/C12H25NO2.C2H6.CH4O/c1-5-6-13-8-11(7-10(13)9-14)15-12(2,3)4;2*1-2/h10-11,14H,5-9H2,1-4H3;1-2H3;2H,1H3. The average Bonchev–Trinajstić information content (AvgIpc) is 2.74. The van der Waals surface area contributed by atoms with Crippen LogP contribution in [-0.4, -0.2) is 59.7 Å². The molecule has 0 bridgehead atoms. The molecule has 1 fully saturated rings. The fourth-order valence-corrected chi connectivity index (χ4v) is 2.27. The van der Waals surface area contributed by atoms with Gasteiger partial charge in [-0.1, -0.05) is 20.8 Å². The third-order valence-corrected chi connectivity index (χ3v) is 2.73. The topological polar surface area (TPSA) is 52.9 Å². The van der Waals surface area contributed by atoms with Gasteiger partial charge < -0.3 is 14.9 Å². The highest BCUT2D eigenvalue weighted by Crippen LogP contribution is 2.24. The normalized spacial score (nSPS) is 23.2. The van der Waals surface area contributed by atoms with Crippen LogP contribution in [0.1, 0.15) is 54.4 Å². The van der Waals surface area contributed by atoms with Gasteiger partial charge in [0.1, 0.15) is 0 Å². The summed E-state index contributed by atoms with van der Waals surface area (Å²) < 4.78 is 5.95. The zero-order valence-electron chi connectivity index (χ0n) is 13.9. The molecule has 1 heterocycles. The van der Waals surface area contributed by atoms with Gasteiger partial charge in [0.05, 0.1) is 18.3 Å². The maximum Gasteiger partial charge on any atom is 0.0725 e. The average molecular weight is 277 g/mol. The second-order valence-corrected chi connectivity index (χ2v) is 5.42. The van der Waals surface area contributed by atoms with Crippen LogP contribution in [0, 0.1) is 0 Å². The highest BCUT2D eigenvalue weighted by atomic mass is 16.5. The van der Waals surface area contributed by atoms with Crippen molar-refractivity contribution >= 4 is 0 Å². The van der Waals surface area contributed by atoms with Crippen LogP contribution in [0.3, 0.4) is 0 Å². The molecule has 2 N–H and O–H groups in total. The maximum absolute atomic E-state index is 9.28. The van der Waals surface area contributed by atoms with Gasteiger partial charge >= 0.3 is 0 Å². The summed E-state index contributed by atoms with van der Waals surface area (Å²) in [6.45, 7) is 14.7. The number of likely N-dealkylation sites (tertiary alicyclic amines) is 1. The molecule has 0 amide bonds. The molecule has 4 nitrogen and oxygen atoms in total. The van der Waals surface area contributed by atoms with Crippen LogP contribution < -0.4 is 0 Å².